The zero-order valence-electron chi connectivity index (χ0n) is 18.1. The van der Waals surface area contributed by atoms with E-state index in [4.69, 9.17) is 4.74 Å². The maximum absolute atomic E-state index is 12.4. The van der Waals surface area contributed by atoms with Gasteiger partial charge in [0.2, 0.25) is 5.91 Å². The Labute approximate surface area is 196 Å². The van der Waals surface area contributed by atoms with Crippen LogP contribution in [0.2, 0.25) is 0 Å². The Morgan fingerprint density at radius 2 is 2.09 bits per heavy atom. The van der Waals surface area contributed by atoms with Crippen molar-refractivity contribution >= 4 is 34.4 Å². The molecule has 0 spiro atoms. The average Bonchev–Trinajstić information content (AvgIpc) is 3.15. The number of aromatic nitrogens is 1. The average molecular weight is 467 g/mol. The van der Waals surface area contributed by atoms with Crippen LogP contribution in [0, 0.1) is 11.3 Å². The van der Waals surface area contributed by atoms with Gasteiger partial charge in [0.25, 0.3) is 0 Å². The summed E-state index contributed by atoms with van der Waals surface area (Å²) in [6, 6.07) is 5.88. The summed E-state index contributed by atoms with van der Waals surface area (Å²) in [5, 5.41) is 25.5. The molecule has 0 bridgehead atoms. The maximum atomic E-state index is 12.4. The van der Waals surface area contributed by atoms with Gasteiger partial charge in [0.1, 0.15) is 17.2 Å². The number of thiophene rings is 1. The van der Waals surface area contributed by atoms with Crippen molar-refractivity contribution < 1.29 is 19.4 Å². The second kappa shape index (κ2) is 10.6. The number of ether oxygens (including phenoxy) is 1. The Morgan fingerprint density at radius 1 is 1.27 bits per heavy atom. The van der Waals surface area contributed by atoms with E-state index in [1.807, 2.05) is 6.07 Å². The topological polar surface area (TPSA) is 124 Å². The van der Waals surface area contributed by atoms with Crippen LogP contribution in [0.1, 0.15) is 53.7 Å². The molecule has 2 amide bonds. The van der Waals surface area contributed by atoms with Crippen molar-refractivity contribution in [3.05, 3.63) is 52.2 Å². The molecule has 33 heavy (non-hydrogen) atoms. The van der Waals surface area contributed by atoms with Crippen molar-refractivity contribution in [2.75, 3.05) is 5.32 Å². The van der Waals surface area contributed by atoms with Crippen LogP contribution in [0.5, 0.6) is 0 Å². The van der Waals surface area contributed by atoms with Crippen LogP contribution in [0.4, 0.5) is 9.80 Å². The lowest BCUT2D eigenvalue weighted by Crippen LogP contribution is -2.41. The van der Waals surface area contributed by atoms with E-state index in [1.165, 1.54) is 17.4 Å². The smallest absolute Gasteiger partial charge is 0.407 e. The summed E-state index contributed by atoms with van der Waals surface area (Å²) in [5.41, 5.74) is 2.22. The van der Waals surface area contributed by atoms with Crippen LogP contribution >= 0.6 is 11.3 Å². The first-order valence-electron chi connectivity index (χ1n) is 11.1. The molecule has 2 aliphatic rings. The number of aliphatic hydroxyl groups excluding tert-OH is 1. The molecule has 1 fully saturated rings. The van der Waals surface area contributed by atoms with Gasteiger partial charge < -0.3 is 20.5 Å². The molecule has 9 heteroatoms. The molecule has 0 aliphatic heterocycles. The highest BCUT2D eigenvalue weighted by molar-refractivity contribution is 7.16. The molecule has 2 aliphatic carbocycles. The minimum Gasteiger partial charge on any atom is -0.446 e. The van der Waals surface area contributed by atoms with E-state index in [1.54, 1.807) is 24.5 Å². The Bertz CT molecular complexity index is 1070. The van der Waals surface area contributed by atoms with Gasteiger partial charge in [0.15, 0.2) is 0 Å². The Morgan fingerprint density at radius 3 is 2.82 bits per heavy atom. The first-order valence-corrected chi connectivity index (χ1v) is 11.9. The van der Waals surface area contributed by atoms with E-state index >= 15 is 0 Å². The molecule has 0 radical (unpaired) electrons. The minimum absolute atomic E-state index is 0.0357. The van der Waals surface area contributed by atoms with Gasteiger partial charge in [-0.1, -0.05) is 6.07 Å². The molecule has 2 heterocycles. The molecule has 0 aromatic carbocycles. The lowest BCUT2D eigenvalue weighted by Gasteiger charge is -2.28. The number of rotatable bonds is 5. The summed E-state index contributed by atoms with van der Waals surface area (Å²) in [7, 11) is 0. The Hall–Kier alpha value is -3.22. The number of fused-ring (bicyclic) bond motifs is 1. The van der Waals surface area contributed by atoms with Crippen molar-refractivity contribution in [3.8, 4) is 6.07 Å². The third-order valence-electron chi connectivity index (χ3n) is 5.97. The normalized spacial score (nSPS) is 22.2. The first-order chi connectivity index (χ1) is 16.0. The number of amides is 2. The summed E-state index contributed by atoms with van der Waals surface area (Å²) in [5.74, 6) is -0.321. The number of nitrogens with one attached hydrogen (secondary N) is 2. The van der Waals surface area contributed by atoms with E-state index in [0.717, 1.165) is 28.8 Å². The summed E-state index contributed by atoms with van der Waals surface area (Å²) in [4.78, 5) is 29.7. The summed E-state index contributed by atoms with van der Waals surface area (Å²) in [6.07, 6.45) is 10.1. The van der Waals surface area contributed by atoms with Crippen LogP contribution in [0.25, 0.3) is 6.08 Å². The lowest BCUT2D eigenvalue weighted by atomic mass is 9.93. The highest BCUT2D eigenvalue weighted by atomic mass is 32.1. The molecule has 0 saturated heterocycles. The molecule has 3 N–H and O–H groups in total. The number of anilines is 1. The molecule has 1 unspecified atom stereocenters. The Kier molecular flexibility index (Phi) is 7.37. The number of nitrogens with zero attached hydrogens (tertiary/aromatic N) is 2. The predicted molar refractivity (Wildman–Crippen MR) is 125 cm³/mol. The molecule has 8 nitrogen and oxygen atoms in total. The van der Waals surface area contributed by atoms with Crippen molar-refractivity contribution in [1.82, 2.24) is 10.3 Å². The molecule has 172 valence electrons. The number of alkyl carbamates (subject to hydrolysis) is 1. The van der Waals surface area contributed by atoms with Gasteiger partial charge in [-0.2, -0.15) is 5.26 Å². The molecular formula is C24H26N4O4S. The van der Waals surface area contributed by atoms with Gasteiger partial charge in [-0.3, -0.25) is 9.78 Å². The van der Waals surface area contributed by atoms with E-state index < -0.39 is 6.09 Å². The number of hydrogen-bond donors (Lipinski definition) is 3. The fraction of sp³-hybridized carbons (Fsp3) is 0.417. The van der Waals surface area contributed by atoms with Crippen LogP contribution < -0.4 is 10.6 Å². The molecule has 1 saturated carbocycles. The van der Waals surface area contributed by atoms with Crippen molar-refractivity contribution in [3.63, 3.8) is 0 Å². The monoisotopic (exact) mass is 466 g/mol. The fourth-order valence-corrected chi connectivity index (χ4v) is 5.50. The van der Waals surface area contributed by atoms with Crippen LogP contribution in [-0.2, 0) is 22.4 Å². The number of hydrogen-bond acceptors (Lipinski definition) is 7. The number of pyridine rings is 1. The summed E-state index contributed by atoms with van der Waals surface area (Å²) < 4.78 is 5.64. The first kappa shape index (κ1) is 23.0. The van der Waals surface area contributed by atoms with E-state index in [9.17, 15) is 20.0 Å². The van der Waals surface area contributed by atoms with E-state index in [0.29, 0.717) is 42.7 Å². The van der Waals surface area contributed by atoms with Crippen molar-refractivity contribution in [2.45, 2.75) is 63.2 Å². The van der Waals surface area contributed by atoms with Gasteiger partial charge >= 0.3 is 6.09 Å². The second-order valence-electron chi connectivity index (χ2n) is 8.35. The molecule has 2 aromatic heterocycles. The summed E-state index contributed by atoms with van der Waals surface area (Å²) in [6.45, 7) is 0. The third-order valence-corrected chi connectivity index (χ3v) is 7.14. The standard InChI is InChI=1S/C24H26N4O4S/c25-13-20-19-9-8-18(32-24(31)27-16-4-6-17(29)7-5-16)12-21(19)33-23(20)28-22(30)10-3-15-2-1-11-26-14-15/h1-3,10-11,14,16-18,29H,4-9,12H2,(H,27,31)(H,28,30). The van der Waals surface area contributed by atoms with E-state index in [2.05, 4.69) is 21.7 Å². The van der Waals surface area contributed by atoms with Crippen molar-refractivity contribution in [1.29, 1.82) is 5.26 Å². The SMILES string of the molecule is N#Cc1c(NC(=O)C=Cc2cccnc2)sc2c1CCC(OC(=O)NC1CCC(O)CC1)C2. The molecular weight excluding hydrogens is 440 g/mol. The predicted octanol–water partition coefficient (Wildman–Crippen LogP) is 3.55. The highest BCUT2D eigenvalue weighted by Crippen LogP contribution is 2.38. The van der Waals surface area contributed by atoms with Gasteiger partial charge in [-0.15, -0.1) is 11.3 Å². The second-order valence-corrected chi connectivity index (χ2v) is 9.45. The van der Waals surface area contributed by atoms with Crippen LogP contribution in [0.15, 0.2) is 30.6 Å². The molecule has 4 rings (SSSR count). The van der Waals surface area contributed by atoms with Gasteiger partial charge in [0, 0.05) is 35.8 Å². The van der Waals surface area contributed by atoms with Crippen molar-refractivity contribution in [2.24, 2.45) is 0 Å². The lowest BCUT2D eigenvalue weighted by molar-refractivity contribution is -0.111. The number of carbonyl (C=O) groups is 2. The number of aliphatic hydroxyl groups is 1. The number of nitriles is 1. The van der Waals surface area contributed by atoms with E-state index in [-0.39, 0.29) is 24.2 Å². The third kappa shape index (κ3) is 5.97. The number of carbonyl (C=O) groups excluding carboxylic acids is 2. The molecule has 2 aromatic rings. The summed E-state index contributed by atoms with van der Waals surface area (Å²) >= 11 is 1.36. The zero-order valence-corrected chi connectivity index (χ0v) is 18.9. The minimum atomic E-state index is -0.434. The van der Waals surface area contributed by atoms with Crippen LogP contribution in [-0.4, -0.2) is 40.3 Å². The Balaban J connectivity index is 1.35. The van der Waals surface area contributed by atoms with Gasteiger partial charge in [-0.05, 0) is 61.8 Å². The zero-order chi connectivity index (χ0) is 23.2. The maximum Gasteiger partial charge on any atom is 0.407 e. The quantitative estimate of drug-likeness (QED) is 0.579. The van der Waals surface area contributed by atoms with Crippen LogP contribution in [0.3, 0.4) is 0 Å². The highest BCUT2D eigenvalue weighted by Gasteiger charge is 2.29. The van der Waals surface area contributed by atoms with Gasteiger partial charge in [-0.25, -0.2) is 4.79 Å². The largest absolute Gasteiger partial charge is 0.446 e. The fourth-order valence-electron chi connectivity index (χ4n) is 4.23. The van der Waals surface area contributed by atoms with Gasteiger partial charge in [0.05, 0.1) is 11.7 Å². The molecule has 1 atom stereocenters.